The number of nitrogens with zero attached hydrogens (tertiary/aromatic N) is 4. The highest BCUT2D eigenvalue weighted by atomic mass is 35.5. The topological polar surface area (TPSA) is 68.2 Å². The van der Waals surface area contributed by atoms with Crippen LogP contribution in [0.5, 0.6) is 5.88 Å². The summed E-state index contributed by atoms with van der Waals surface area (Å²) < 4.78 is 6.42. The van der Waals surface area contributed by atoms with Gasteiger partial charge in [0.15, 0.2) is 5.69 Å². The highest BCUT2D eigenvalue weighted by Gasteiger charge is 2.35. The zero-order valence-electron chi connectivity index (χ0n) is 18.3. The first kappa shape index (κ1) is 22.6. The second-order valence-electron chi connectivity index (χ2n) is 7.61. The molecular formula is C24H25ClN4O2S. The minimum Gasteiger partial charge on any atom is -0.447 e. The Bertz CT molecular complexity index is 1140. The van der Waals surface area contributed by atoms with Gasteiger partial charge in [-0.25, -0.2) is 0 Å². The highest BCUT2D eigenvalue weighted by molar-refractivity contribution is 7.99. The molecule has 0 aliphatic carbocycles. The molecule has 166 valence electrons. The summed E-state index contributed by atoms with van der Waals surface area (Å²) in [5.74, 6) is 1.20. The lowest BCUT2D eigenvalue weighted by Gasteiger charge is -2.30. The van der Waals surface area contributed by atoms with E-state index in [4.69, 9.17) is 16.3 Å². The fourth-order valence-corrected chi connectivity index (χ4v) is 4.63. The maximum atomic E-state index is 13.2. The SMILES string of the molecule is CCCCSc1nnc2c(n1)O[C@@H](c1cccc(Cl)c1)N(C(=O)CC)c1ccc(C)cc1-2. The molecule has 2 aromatic carbocycles. The van der Waals surface area contributed by atoms with Crippen molar-refractivity contribution in [3.63, 3.8) is 0 Å². The average Bonchev–Trinajstić information content (AvgIpc) is 2.93. The van der Waals surface area contributed by atoms with E-state index in [2.05, 4.69) is 22.1 Å². The second-order valence-corrected chi connectivity index (χ2v) is 9.11. The number of hydrogen-bond donors (Lipinski definition) is 0. The van der Waals surface area contributed by atoms with Gasteiger partial charge in [-0.2, -0.15) is 4.98 Å². The number of fused-ring (bicyclic) bond motifs is 3. The van der Waals surface area contributed by atoms with E-state index in [1.807, 2.05) is 50.2 Å². The third-order valence-corrected chi connectivity index (χ3v) is 6.35. The van der Waals surface area contributed by atoms with Crippen LogP contribution in [0.15, 0.2) is 47.6 Å². The number of amides is 1. The standard InChI is InChI=1S/C24H25ClN4O2S/c1-4-6-12-32-24-26-22-21(27-28-24)18-13-15(3)10-11-19(18)29(20(30)5-2)23(31-22)16-8-7-9-17(25)14-16/h7-11,13-14,23H,4-6,12H2,1-3H3/t23-/m0/s1. The molecule has 1 aliphatic rings. The van der Waals surface area contributed by atoms with Gasteiger partial charge in [0.25, 0.3) is 0 Å². The molecule has 0 N–H and O–H groups in total. The zero-order valence-corrected chi connectivity index (χ0v) is 19.9. The number of thioether (sulfide) groups is 1. The molecule has 8 heteroatoms. The molecule has 32 heavy (non-hydrogen) atoms. The van der Waals surface area contributed by atoms with Gasteiger partial charge in [0.05, 0.1) is 5.69 Å². The Morgan fingerprint density at radius 3 is 2.78 bits per heavy atom. The molecule has 0 saturated heterocycles. The van der Waals surface area contributed by atoms with Gasteiger partial charge in [-0.05, 0) is 37.6 Å². The average molecular weight is 469 g/mol. The van der Waals surface area contributed by atoms with Crippen molar-refractivity contribution in [1.82, 2.24) is 15.2 Å². The summed E-state index contributed by atoms with van der Waals surface area (Å²) in [5.41, 5.74) is 3.83. The molecule has 0 spiro atoms. The number of hydrogen-bond acceptors (Lipinski definition) is 6. The van der Waals surface area contributed by atoms with Gasteiger partial charge >= 0.3 is 0 Å². The van der Waals surface area contributed by atoms with Crippen molar-refractivity contribution < 1.29 is 9.53 Å². The van der Waals surface area contributed by atoms with Crippen LogP contribution >= 0.6 is 23.4 Å². The molecule has 0 unspecified atom stereocenters. The third-order valence-electron chi connectivity index (χ3n) is 5.19. The number of benzene rings is 2. The predicted molar refractivity (Wildman–Crippen MR) is 128 cm³/mol. The lowest BCUT2D eigenvalue weighted by molar-refractivity contribution is -0.120. The summed E-state index contributed by atoms with van der Waals surface area (Å²) >= 11 is 7.84. The maximum absolute atomic E-state index is 13.2. The molecule has 0 fully saturated rings. The van der Waals surface area contributed by atoms with Gasteiger partial charge in [-0.15, -0.1) is 10.2 Å². The first-order valence-corrected chi connectivity index (χ1v) is 12.1. The van der Waals surface area contributed by atoms with Gasteiger partial charge in [0.1, 0.15) is 0 Å². The van der Waals surface area contributed by atoms with Crippen LogP contribution in [0.4, 0.5) is 5.69 Å². The number of anilines is 1. The van der Waals surface area contributed by atoms with E-state index in [0.29, 0.717) is 33.9 Å². The number of unbranched alkanes of at least 4 members (excludes halogenated alkanes) is 1. The monoisotopic (exact) mass is 468 g/mol. The van der Waals surface area contributed by atoms with Crippen molar-refractivity contribution in [3.05, 3.63) is 58.6 Å². The van der Waals surface area contributed by atoms with Gasteiger partial charge < -0.3 is 4.74 Å². The Kier molecular flexibility index (Phi) is 6.96. The summed E-state index contributed by atoms with van der Waals surface area (Å²) in [6.45, 7) is 5.99. The minimum atomic E-state index is -0.728. The van der Waals surface area contributed by atoms with E-state index in [9.17, 15) is 4.79 Å². The molecule has 0 bridgehead atoms. The molecule has 0 saturated carbocycles. The third kappa shape index (κ3) is 4.59. The number of rotatable bonds is 6. The summed E-state index contributed by atoms with van der Waals surface area (Å²) in [6, 6.07) is 13.3. The first-order chi connectivity index (χ1) is 15.5. The Morgan fingerprint density at radius 1 is 1.19 bits per heavy atom. The normalized spacial score (nSPS) is 14.9. The van der Waals surface area contributed by atoms with Crippen molar-refractivity contribution in [2.45, 2.75) is 51.4 Å². The molecule has 1 amide bonds. The molecule has 1 aliphatic heterocycles. The lowest BCUT2D eigenvalue weighted by atomic mass is 10.0. The number of aromatic nitrogens is 3. The van der Waals surface area contributed by atoms with E-state index < -0.39 is 6.23 Å². The van der Waals surface area contributed by atoms with Crippen LogP contribution < -0.4 is 9.64 Å². The molecular weight excluding hydrogens is 444 g/mol. The number of carbonyl (C=O) groups excluding carboxylic acids is 1. The summed E-state index contributed by atoms with van der Waals surface area (Å²) in [4.78, 5) is 19.5. The van der Waals surface area contributed by atoms with Gasteiger partial charge in [0, 0.05) is 28.3 Å². The van der Waals surface area contributed by atoms with E-state index in [1.54, 1.807) is 22.7 Å². The zero-order chi connectivity index (χ0) is 22.7. The first-order valence-electron chi connectivity index (χ1n) is 10.7. The highest BCUT2D eigenvalue weighted by Crippen LogP contribution is 2.44. The van der Waals surface area contributed by atoms with Crippen molar-refractivity contribution in [2.75, 3.05) is 10.7 Å². The van der Waals surface area contributed by atoms with Crippen LogP contribution in [0.2, 0.25) is 5.02 Å². The van der Waals surface area contributed by atoms with Gasteiger partial charge in [0.2, 0.25) is 23.2 Å². The smallest absolute Gasteiger partial charge is 0.247 e. The van der Waals surface area contributed by atoms with Crippen molar-refractivity contribution in [1.29, 1.82) is 0 Å². The minimum absolute atomic E-state index is 0.0709. The van der Waals surface area contributed by atoms with Crippen molar-refractivity contribution in [3.8, 4) is 17.1 Å². The molecule has 4 rings (SSSR count). The Hall–Kier alpha value is -2.64. The van der Waals surface area contributed by atoms with E-state index in [-0.39, 0.29) is 5.91 Å². The number of aryl methyl sites for hydroxylation is 1. The van der Waals surface area contributed by atoms with Crippen LogP contribution in [-0.2, 0) is 4.79 Å². The van der Waals surface area contributed by atoms with Crippen LogP contribution in [-0.4, -0.2) is 26.8 Å². The Balaban J connectivity index is 1.90. The molecule has 1 atom stereocenters. The Labute approximate surface area is 197 Å². The van der Waals surface area contributed by atoms with E-state index in [0.717, 1.165) is 35.3 Å². The fraction of sp³-hybridized carbons (Fsp3) is 0.333. The van der Waals surface area contributed by atoms with E-state index in [1.165, 1.54) is 0 Å². The molecule has 6 nitrogen and oxygen atoms in total. The number of halogens is 1. The number of carbonyl (C=O) groups is 1. The van der Waals surface area contributed by atoms with Crippen LogP contribution in [0.3, 0.4) is 0 Å². The van der Waals surface area contributed by atoms with Gasteiger partial charge in [-0.1, -0.05) is 67.4 Å². The molecule has 1 aromatic heterocycles. The predicted octanol–water partition coefficient (Wildman–Crippen LogP) is 6.23. The largest absolute Gasteiger partial charge is 0.447 e. The van der Waals surface area contributed by atoms with Crippen LogP contribution in [0.1, 0.15) is 50.5 Å². The maximum Gasteiger partial charge on any atom is 0.247 e. The summed E-state index contributed by atoms with van der Waals surface area (Å²) in [6.07, 6.45) is 1.76. The summed E-state index contributed by atoms with van der Waals surface area (Å²) in [7, 11) is 0. The van der Waals surface area contributed by atoms with Crippen molar-refractivity contribution >= 4 is 35.0 Å². The number of ether oxygens (including phenoxy) is 1. The van der Waals surface area contributed by atoms with E-state index >= 15 is 0 Å². The molecule has 2 heterocycles. The second kappa shape index (κ2) is 9.88. The fourth-order valence-electron chi connectivity index (χ4n) is 3.57. The lowest BCUT2D eigenvalue weighted by Crippen LogP contribution is -2.37. The van der Waals surface area contributed by atoms with Crippen LogP contribution in [0, 0.1) is 6.92 Å². The van der Waals surface area contributed by atoms with Gasteiger partial charge in [-0.3, -0.25) is 9.69 Å². The summed E-state index contributed by atoms with van der Waals surface area (Å²) in [5, 5.41) is 9.95. The Morgan fingerprint density at radius 2 is 2.03 bits per heavy atom. The molecule has 0 radical (unpaired) electrons. The quantitative estimate of drug-likeness (QED) is 0.315. The van der Waals surface area contributed by atoms with Crippen molar-refractivity contribution in [2.24, 2.45) is 0 Å². The molecule has 3 aromatic rings. The van der Waals surface area contributed by atoms with Crippen LogP contribution in [0.25, 0.3) is 11.3 Å².